The highest BCUT2D eigenvalue weighted by molar-refractivity contribution is 7.09. The molecule has 0 radical (unpaired) electrons. The molecule has 1 fully saturated rings. The maximum Gasteiger partial charge on any atom is 0.102 e. The molecule has 1 aromatic rings. The van der Waals surface area contributed by atoms with Gasteiger partial charge in [0.05, 0.1) is 10.7 Å². The lowest BCUT2D eigenvalue weighted by molar-refractivity contribution is 0.0742. The predicted molar refractivity (Wildman–Crippen MR) is 54.0 cm³/mol. The van der Waals surface area contributed by atoms with Crippen molar-refractivity contribution in [2.45, 2.75) is 44.6 Å². The van der Waals surface area contributed by atoms with Crippen LogP contribution in [-0.4, -0.2) is 10.1 Å². The second-order valence-electron chi connectivity index (χ2n) is 4.26. The zero-order valence-electron chi connectivity index (χ0n) is 8.08. The molecule has 13 heavy (non-hydrogen) atoms. The number of hydrogen-bond acceptors (Lipinski definition) is 3. The highest BCUT2D eigenvalue weighted by Crippen LogP contribution is 2.38. The van der Waals surface area contributed by atoms with Crippen molar-refractivity contribution in [2.24, 2.45) is 0 Å². The van der Waals surface area contributed by atoms with Gasteiger partial charge in [0.2, 0.25) is 0 Å². The van der Waals surface area contributed by atoms with Crippen LogP contribution in [0.1, 0.15) is 49.7 Å². The van der Waals surface area contributed by atoms with E-state index in [1.54, 1.807) is 25.2 Å². The van der Waals surface area contributed by atoms with Crippen molar-refractivity contribution in [2.75, 3.05) is 0 Å². The third kappa shape index (κ3) is 1.76. The molecular weight excluding hydrogens is 182 g/mol. The van der Waals surface area contributed by atoms with Gasteiger partial charge in [-0.1, -0.05) is 6.42 Å². The second kappa shape index (κ2) is 3.07. The second-order valence-corrected chi connectivity index (χ2v) is 5.15. The lowest BCUT2D eigenvalue weighted by Crippen LogP contribution is -2.16. The average molecular weight is 197 g/mol. The molecule has 0 saturated heterocycles. The molecule has 2 rings (SSSR count). The Hall–Kier alpha value is -0.410. The van der Waals surface area contributed by atoms with Crippen molar-refractivity contribution >= 4 is 11.3 Å². The van der Waals surface area contributed by atoms with E-state index in [0.29, 0.717) is 5.92 Å². The molecule has 0 aliphatic heterocycles. The third-order valence-electron chi connectivity index (χ3n) is 2.60. The van der Waals surface area contributed by atoms with Crippen molar-refractivity contribution < 1.29 is 5.11 Å². The van der Waals surface area contributed by atoms with Gasteiger partial charge < -0.3 is 5.11 Å². The molecule has 3 heteroatoms. The van der Waals surface area contributed by atoms with Gasteiger partial charge in [-0.2, -0.15) is 0 Å². The van der Waals surface area contributed by atoms with Gasteiger partial charge in [-0.05, 0) is 26.7 Å². The van der Waals surface area contributed by atoms with Crippen LogP contribution in [0.5, 0.6) is 0 Å². The summed E-state index contributed by atoms with van der Waals surface area (Å²) in [6.45, 7) is 3.57. The fourth-order valence-electron chi connectivity index (χ4n) is 1.41. The van der Waals surface area contributed by atoms with Gasteiger partial charge in [-0.15, -0.1) is 11.3 Å². The van der Waals surface area contributed by atoms with Crippen molar-refractivity contribution in [1.82, 2.24) is 4.98 Å². The van der Waals surface area contributed by atoms with Gasteiger partial charge in [-0.3, -0.25) is 0 Å². The normalized spacial score (nSPS) is 18.7. The summed E-state index contributed by atoms with van der Waals surface area (Å²) >= 11 is 1.69. The van der Waals surface area contributed by atoms with Gasteiger partial charge in [0.1, 0.15) is 5.60 Å². The van der Waals surface area contributed by atoms with E-state index in [9.17, 15) is 5.11 Å². The van der Waals surface area contributed by atoms with E-state index in [1.807, 2.05) is 5.38 Å². The molecule has 1 heterocycles. The lowest BCUT2D eigenvalue weighted by atomic mass is 9.86. The largest absolute Gasteiger partial charge is 0.384 e. The van der Waals surface area contributed by atoms with Crippen LogP contribution in [0.4, 0.5) is 0 Å². The van der Waals surface area contributed by atoms with E-state index in [1.165, 1.54) is 24.3 Å². The molecule has 0 amide bonds. The molecule has 1 aromatic heterocycles. The van der Waals surface area contributed by atoms with Crippen molar-refractivity contribution in [1.29, 1.82) is 0 Å². The highest BCUT2D eigenvalue weighted by atomic mass is 32.1. The standard InChI is InChI=1S/C10H15NOS/c1-10(2,12)8-6-13-9(11-8)7-4-3-5-7/h6-7,12H,3-5H2,1-2H3. The molecule has 0 atom stereocenters. The fourth-order valence-corrected chi connectivity index (χ4v) is 2.56. The average Bonchev–Trinajstić information content (AvgIpc) is 2.29. The molecule has 1 saturated carbocycles. The molecule has 72 valence electrons. The molecule has 2 nitrogen and oxygen atoms in total. The van der Waals surface area contributed by atoms with Gasteiger partial charge in [0, 0.05) is 11.3 Å². The lowest BCUT2D eigenvalue weighted by Gasteiger charge is -2.22. The van der Waals surface area contributed by atoms with Crippen LogP contribution in [0.3, 0.4) is 0 Å². The van der Waals surface area contributed by atoms with E-state index >= 15 is 0 Å². The molecule has 1 N–H and O–H groups in total. The van der Waals surface area contributed by atoms with Crippen molar-refractivity contribution in [3.8, 4) is 0 Å². The summed E-state index contributed by atoms with van der Waals surface area (Å²) in [5, 5.41) is 12.9. The van der Waals surface area contributed by atoms with Gasteiger partial charge >= 0.3 is 0 Å². The van der Waals surface area contributed by atoms with Gasteiger partial charge in [0.25, 0.3) is 0 Å². The van der Waals surface area contributed by atoms with Crippen LogP contribution in [0, 0.1) is 0 Å². The summed E-state index contributed by atoms with van der Waals surface area (Å²) in [6, 6.07) is 0. The number of hydrogen-bond donors (Lipinski definition) is 1. The molecule has 0 bridgehead atoms. The van der Waals surface area contributed by atoms with Crippen LogP contribution in [0.2, 0.25) is 0 Å². The summed E-state index contributed by atoms with van der Waals surface area (Å²) in [6.07, 6.45) is 3.89. The minimum atomic E-state index is -0.779. The molecule has 0 unspecified atom stereocenters. The summed E-state index contributed by atoms with van der Waals surface area (Å²) in [5.41, 5.74) is 0.0396. The fraction of sp³-hybridized carbons (Fsp3) is 0.700. The SMILES string of the molecule is CC(C)(O)c1csc(C2CCC2)n1. The van der Waals surface area contributed by atoms with Crippen LogP contribution in [0.15, 0.2) is 5.38 Å². The van der Waals surface area contributed by atoms with Crippen molar-refractivity contribution in [3.63, 3.8) is 0 Å². The third-order valence-corrected chi connectivity index (χ3v) is 3.61. The minimum Gasteiger partial charge on any atom is -0.384 e. The topological polar surface area (TPSA) is 33.1 Å². The molecule has 1 aliphatic carbocycles. The van der Waals surface area contributed by atoms with Crippen LogP contribution >= 0.6 is 11.3 Å². The Labute approximate surface area is 82.6 Å². The number of nitrogens with zero attached hydrogens (tertiary/aromatic N) is 1. The monoisotopic (exact) mass is 197 g/mol. The Bertz CT molecular complexity index is 296. The van der Waals surface area contributed by atoms with Gasteiger partial charge in [0.15, 0.2) is 0 Å². The molecular formula is C10H15NOS. The number of rotatable bonds is 2. The van der Waals surface area contributed by atoms with E-state index in [-0.39, 0.29) is 0 Å². The smallest absolute Gasteiger partial charge is 0.102 e. The quantitative estimate of drug-likeness (QED) is 0.790. The summed E-state index contributed by atoms with van der Waals surface area (Å²) < 4.78 is 0. The number of thiazole rings is 1. The Morgan fingerprint density at radius 1 is 1.54 bits per heavy atom. The number of aromatic nitrogens is 1. The van der Waals surface area contributed by atoms with E-state index in [2.05, 4.69) is 4.98 Å². The molecule has 1 aliphatic rings. The first-order valence-electron chi connectivity index (χ1n) is 4.75. The zero-order valence-corrected chi connectivity index (χ0v) is 8.90. The van der Waals surface area contributed by atoms with Gasteiger partial charge in [-0.25, -0.2) is 4.98 Å². The van der Waals surface area contributed by atoms with Crippen LogP contribution < -0.4 is 0 Å². The van der Waals surface area contributed by atoms with E-state index in [4.69, 9.17) is 0 Å². The Kier molecular flexibility index (Phi) is 2.16. The maximum absolute atomic E-state index is 9.72. The summed E-state index contributed by atoms with van der Waals surface area (Å²) in [5.74, 6) is 0.682. The Balaban J connectivity index is 2.17. The Morgan fingerprint density at radius 2 is 2.23 bits per heavy atom. The first-order chi connectivity index (χ1) is 6.07. The summed E-state index contributed by atoms with van der Waals surface area (Å²) in [4.78, 5) is 4.47. The molecule has 0 aromatic carbocycles. The van der Waals surface area contributed by atoms with Crippen LogP contribution in [-0.2, 0) is 5.60 Å². The maximum atomic E-state index is 9.72. The molecule has 0 spiro atoms. The van der Waals surface area contributed by atoms with E-state index in [0.717, 1.165) is 5.69 Å². The number of aliphatic hydroxyl groups is 1. The first kappa shape index (κ1) is 9.16. The van der Waals surface area contributed by atoms with Crippen LogP contribution in [0.25, 0.3) is 0 Å². The first-order valence-corrected chi connectivity index (χ1v) is 5.63. The van der Waals surface area contributed by atoms with Crippen molar-refractivity contribution in [3.05, 3.63) is 16.1 Å². The zero-order chi connectivity index (χ0) is 9.47. The minimum absolute atomic E-state index is 0.682. The highest BCUT2D eigenvalue weighted by Gasteiger charge is 2.25. The summed E-state index contributed by atoms with van der Waals surface area (Å²) in [7, 11) is 0. The Morgan fingerprint density at radius 3 is 2.62 bits per heavy atom. The van der Waals surface area contributed by atoms with E-state index < -0.39 is 5.60 Å². The predicted octanol–water partition coefficient (Wildman–Crippen LogP) is 2.64.